The molecule has 0 saturated carbocycles. The summed E-state index contributed by atoms with van der Waals surface area (Å²) in [5.41, 5.74) is 2.93. The number of hydrogen-bond acceptors (Lipinski definition) is 4. The molecule has 3 aromatic rings. The van der Waals surface area contributed by atoms with E-state index in [-0.39, 0.29) is 23.0 Å². The number of nitrogens with zero attached hydrogens (tertiary/aromatic N) is 1. The largest absolute Gasteiger partial charge is 0.326 e. The summed E-state index contributed by atoms with van der Waals surface area (Å²) in [6.45, 7) is 0. The second-order valence-electron chi connectivity index (χ2n) is 5.68. The molecule has 0 radical (unpaired) electrons. The Kier molecular flexibility index (Phi) is 3.54. The van der Waals surface area contributed by atoms with E-state index < -0.39 is 10.0 Å². The Morgan fingerprint density at radius 2 is 1.84 bits per heavy atom. The van der Waals surface area contributed by atoms with Crippen molar-refractivity contribution in [2.75, 3.05) is 10.0 Å². The zero-order valence-electron chi connectivity index (χ0n) is 13.0. The average molecular weight is 354 g/mol. The number of fused-ring (bicyclic) bond motifs is 1. The van der Waals surface area contributed by atoms with Crippen molar-refractivity contribution in [1.82, 2.24) is 10.2 Å². The molecule has 0 atom stereocenters. The van der Waals surface area contributed by atoms with Crippen LogP contribution in [0.2, 0.25) is 0 Å². The summed E-state index contributed by atoms with van der Waals surface area (Å²) >= 11 is 0. The third kappa shape index (κ3) is 2.99. The van der Waals surface area contributed by atoms with Gasteiger partial charge >= 0.3 is 0 Å². The van der Waals surface area contributed by atoms with E-state index in [4.69, 9.17) is 0 Å². The van der Waals surface area contributed by atoms with E-state index in [1.807, 2.05) is 30.3 Å². The average Bonchev–Trinajstić information content (AvgIpc) is 3.20. The molecular formula is C17H14N4O3S. The molecule has 1 aliphatic heterocycles. The van der Waals surface area contributed by atoms with Gasteiger partial charge in [-0.15, -0.1) is 0 Å². The summed E-state index contributed by atoms with van der Waals surface area (Å²) < 4.78 is 27.6. The van der Waals surface area contributed by atoms with E-state index in [9.17, 15) is 13.2 Å². The first-order valence-corrected chi connectivity index (χ1v) is 9.06. The Hall–Kier alpha value is -3.13. The minimum Gasteiger partial charge on any atom is -0.326 e. The van der Waals surface area contributed by atoms with Crippen molar-refractivity contribution in [3.05, 3.63) is 60.2 Å². The summed E-state index contributed by atoms with van der Waals surface area (Å²) in [6.07, 6.45) is 0.180. The molecule has 1 aliphatic rings. The molecule has 0 spiro atoms. The number of rotatable bonds is 4. The highest BCUT2D eigenvalue weighted by Gasteiger charge is 2.22. The molecule has 4 rings (SSSR count). The van der Waals surface area contributed by atoms with Gasteiger partial charge in [-0.3, -0.25) is 14.6 Å². The van der Waals surface area contributed by atoms with Crippen molar-refractivity contribution in [1.29, 1.82) is 0 Å². The van der Waals surface area contributed by atoms with Crippen molar-refractivity contribution in [3.8, 4) is 11.3 Å². The van der Waals surface area contributed by atoms with Gasteiger partial charge in [0.05, 0.1) is 17.0 Å². The van der Waals surface area contributed by atoms with Gasteiger partial charge in [0.2, 0.25) is 5.91 Å². The number of carbonyl (C=O) groups is 1. The Balaban J connectivity index is 1.59. The molecule has 8 heteroatoms. The van der Waals surface area contributed by atoms with Crippen molar-refractivity contribution in [2.24, 2.45) is 0 Å². The Morgan fingerprint density at radius 1 is 1.04 bits per heavy atom. The van der Waals surface area contributed by atoms with Crippen LogP contribution in [0.25, 0.3) is 11.3 Å². The quantitative estimate of drug-likeness (QED) is 0.669. The number of nitrogens with one attached hydrogen (secondary N) is 3. The Morgan fingerprint density at radius 3 is 2.64 bits per heavy atom. The van der Waals surface area contributed by atoms with Gasteiger partial charge in [0.25, 0.3) is 10.0 Å². The van der Waals surface area contributed by atoms with Crippen molar-refractivity contribution >= 4 is 27.4 Å². The fourth-order valence-corrected chi connectivity index (χ4v) is 3.75. The minimum absolute atomic E-state index is 0.0898. The highest BCUT2D eigenvalue weighted by atomic mass is 32.2. The topological polar surface area (TPSA) is 104 Å². The second kappa shape index (κ2) is 5.75. The molecule has 0 bridgehead atoms. The number of aromatic amines is 1. The number of amides is 1. The Labute approximate surface area is 144 Å². The first-order valence-electron chi connectivity index (χ1n) is 7.58. The predicted molar refractivity (Wildman–Crippen MR) is 93.6 cm³/mol. The van der Waals surface area contributed by atoms with Crippen LogP contribution in [0, 0.1) is 0 Å². The maximum Gasteiger partial charge on any atom is 0.263 e. The zero-order chi connectivity index (χ0) is 17.4. The normalized spacial score (nSPS) is 13.4. The molecule has 0 aliphatic carbocycles. The molecule has 25 heavy (non-hydrogen) atoms. The lowest BCUT2D eigenvalue weighted by Crippen LogP contribution is -2.13. The van der Waals surface area contributed by atoms with Crippen LogP contribution in [0.5, 0.6) is 0 Å². The van der Waals surface area contributed by atoms with E-state index in [0.29, 0.717) is 16.9 Å². The molecule has 1 aromatic heterocycles. The smallest absolute Gasteiger partial charge is 0.263 e. The molecule has 126 valence electrons. The summed E-state index contributed by atoms with van der Waals surface area (Å²) in [7, 11) is -3.79. The molecule has 2 aromatic carbocycles. The van der Waals surface area contributed by atoms with Gasteiger partial charge in [-0.2, -0.15) is 5.10 Å². The van der Waals surface area contributed by atoms with Crippen molar-refractivity contribution in [2.45, 2.75) is 11.3 Å². The second-order valence-corrected chi connectivity index (χ2v) is 7.36. The highest BCUT2D eigenvalue weighted by molar-refractivity contribution is 7.92. The Bertz CT molecular complexity index is 1060. The first-order chi connectivity index (χ1) is 12.0. The third-order valence-electron chi connectivity index (χ3n) is 3.91. The van der Waals surface area contributed by atoms with Crippen LogP contribution < -0.4 is 10.0 Å². The maximum absolute atomic E-state index is 12.6. The molecule has 7 nitrogen and oxygen atoms in total. The summed E-state index contributed by atoms with van der Waals surface area (Å²) in [5, 5.41) is 9.49. The number of H-pyrrole nitrogens is 1. The van der Waals surface area contributed by atoms with Gasteiger partial charge in [-0.25, -0.2) is 8.42 Å². The number of anilines is 2. The number of carbonyl (C=O) groups excluding carboxylic acids is 1. The third-order valence-corrected chi connectivity index (χ3v) is 5.27. The number of aromatic nitrogens is 2. The fraction of sp³-hybridized carbons (Fsp3) is 0.0588. The van der Waals surface area contributed by atoms with Crippen LogP contribution in [0.3, 0.4) is 0 Å². The van der Waals surface area contributed by atoms with Crippen LogP contribution in [-0.4, -0.2) is 24.5 Å². The van der Waals surface area contributed by atoms with Gasteiger partial charge in [-0.05, 0) is 29.3 Å². The lowest BCUT2D eigenvalue weighted by molar-refractivity contribution is -0.115. The molecule has 0 unspecified atom stereocenters. The summed E-state index contributed by atoms with van der Waals surface area (Å²) in [4.78, 5) is 11.5. The van der Waals surface area contributed by atoms with E-state index in [1.165, 1.54) is 12.1 Å². The maximum atomic E-state index is 12.6. The molecule has 2 heterocycles. The summed E-state index contributed by atoms with van der Waals surface area (Å²) in [5.74, 6) is 0.0610. The van der Waals surface area contributed by atoms with Gasteiger partial charge in [0.15, 0.2) is 5.82 Å². The number of sulfonamides is 1. The minimum atomic E-state index is -3.79. The van der Waals surface area contributed by atoms with Gasteiger partial charge in [0.1, 0.15) is 0 Å². The summed E-state index contributed by atoms with van der Waals surface area (Å²) in [6, 6.07) is 15.7. The lowest BCUT2D eigenvalue weighted by atomic mass is 10.2. The standard InChI is InChI=1S/C17H14N4O3S/c22-17-9-12-8-13(6-7-14(12)18-17)25(23,24)21-16-10-15(19-20-16)11-4-2-1-3-5-11/h1-8,10H,9H2,(H,18,22)(H2,19,20,21). The highest BCUT2D eigenvalue weighted by Crippen LogP contribution is 2.27. The van der Waals surface area contributed by atoms with Crippen molar-refractivity contribution < 1.29 is 13.2 Å². The lowest BCUT2D eigenvalue weighted by Gasteiger charge is -2.06. The van der Waals surface area contributed by atoms with Gasteiger partial charge in [0, 0.05) is 11.8 Å². The zero-order valence-corrected chi connectivity index (χ0v) is 13.8. The van der Waals surface area contributed by atoms with E-state index in [0.717, 1.165) is 5.56 Å². The van der Waals surface area contributed by atoms with Crippen LogP contribution in [0.4, 0.5) is 11.5 Å². The van der Waals surface area contributed by atoms with Gasteiger partial charge < -0.3 is 5.32 Å². The van der Waals surface area contributed by atoms with E-state index >= 15 is 0 Å². The number of hydrogen-bond donors (Lipinski definition) is 3. The molecule has 3 N–H and O–H groups in total. The molecule has 0 saturated heterocycles. The van der Waals surface area contributed by atoms with Gasteiger partial charge in [-0.1, -0.05) is 30.3 Å². The molecular weight excluding hydrogens is 340 g/mol. The van der Waals surface area contributed by atoms with Crippen molar-refractivity contribution in [3.63, 3.8) is 0 Å². The first kappa shape index (κ1) is 15.4. The van der Waals surface area contributed by atoms with E-state index in [1.54, 1.807) is 12.1 Å². The van der Waals surface area contributed by atoms with E-state index in [2.05, 4.69) is 20.2 Å². The predicted octanol–water partition coefficient (Wildman–Crippen LogP) is 2.37. The van der Waals surface area contributed by atoms with Crippen LogP contribution in [0.1, 0.15) is 5.56 Å². The van der Waals surface area contributed by atoms with Crippen LogP contribution >= 0.6 is 0 Å². The van der Waals surface area contributed by atoms with Crippen LogP contribution in [-0.2, 0) is 21.2 Å². The molecule has 0 fully saturated rings. The monoisotopic (exact) mass is 354 g/mol. The SMILES string of the molecule is O=C1Cc2cc(S(=O)(=O)Nc3cc(-c4ccccc4)[nH]n3)ccc2N1. The number of benzene rings is 2. The molecule has 1 amide bonds. The van der Waals surface area contributed by atoms with Crippen LogP contribution in [0.15, 0.2) is 59.5 Å². The fourth-order valence-electron chi connectivity index (χ4n) is 2.71.